The van der Waals surface area contributed by atoms with Crippen molar-refractivity contribution in [2.75, 3.05) is 20.3 Å². The lowest BCUT2D eigenvalue weighted by Gasteiger charge is -2.30. The van der Waals surface area contributed by atoms with Crippen molar-refractivity contribution in [1.82, 2.24) is 10.2 Å². The van der Waals surface area contributed by atoms with Gasteiger partial charge in [-0.05, 0) is 45.2 Å². The number of fused-ring (bicyclic) bond motifs is 1. The molecule has 0 radical (unpaired) electrons. The Morgan fingerprint density at radius 3 is 2.05 bits per heavy atom. The molecule has 11 nitrogen and oxygen atoms in total. The minimum absolute atomic E-state index is 0.0858. The standard InChI is InChI=1S/C30H31N3O8/c1-18-24(29(36)40-3)26(22-14-8-9-15-23(22)33(38)39)25(19(2)31-18)30(37)41-17-11-5-4-10-16-32-27(34)20-12-6-7-13-21(20)28(32)35/h6-9,12-15,26,31H,4-5,10-11,16-17H2,1-3H3. The summed E-state index contributed by atoms with van der Waals surface area (Å²) >= 11 is 0. The normalized spacial score (nSPS) is 16.5. The van der Waals surface area contributed by atoms with Crippen molar-refractivity contribution >= 4 is 29.4 Å². The van der Waals surface area contributed by atoms with Crippen LogP contribution in [-0.4, -0.2) is 53.8 Å². The summed E-state index contributed by atoms with van der Waals surface area (Å²) in [6.07, 6.45) is 2.54. The largest absolute Gasteiger partial charge is 0.466 e. The van der Waals surface area contributed by atoms with Crippen LogP contribution >= 0.6 is 0 Å². The topological polar surface area (TPSA) is 145 Å². The Morgan fingerprint density at radius 1 is 0.878 bits per heavy atom. The van der Waals surface area contributed by atoms with Crippen LogP contribution in [0.25, 0.3) is 0 Å². The zero-order chi connectivity index (χ0) is 29.7. The van der Waals surface area contributed by atoms with Gasteiger partial charge in [0.05, 0.1) is 46.8 Å². The molecule has 1 N–H and O–H groups in total. The Labute approximate surface area is 237 Å². The van der Waals surface area contributed by atoms with Crippen LogP contribution in [0.15, 0.2) is 71.1 Å². The van der Waals surface area contributed by atoms with Gasteiger partial charge in [0.25, 0.3) is 17.5 Å². The summed E-state index contributed by atoms with van der Waals surface area (Å²) in [6.45, 7) is 3.68. The molecule has 0 fully saturated rings. The molecule has 0 aromatic heterocycles. The van der Waals surface area contributed by atoms with Gasteiger partial charge in [0.2, 0.25) is 0 Å². The number of hydrogen-bond acceptors (Lipinski definition) is 9. The van der Waals surface area contributed by atoms with Crippen molar-refractivity contribution in [3.8, 4) is 0 Å². The molecule has 2 aromatic carbocycles. The molecule has 0 spiro atoms. The maximum absolute atomic E-state index is 13.3. The third-order valence-electron chi connectivity index (χ3n) is 7.22. The number of unbranched alkanes of at least 4 members (excludes halogenated alkanes) is 3. The summed E-state index contributed by atoms with van der Waals surface area (Å²) in [5, 5.41) is 14.8. The van der Waals surface area contributed by atoms with Crippen LogP contribution < -0.4 is 5.32 Å². The summed E-state index contributed by atoms with van der Waals surface area (Å²) < 4.78 is 10.5. The molecule has 0 bridgehead atoms. The molecule has 0 saturated heterocycles. The molecular formula is C30H31N3O8. The Morgan fingerprint density at radius 2 is 1.44 bits per heavy atom. The molecule has 4 rings (SSSR count). The SMILES string of the molecule is COC(=O)C1=C(C)NC(C)=C(C(=O)OCCCCCCN2C(=O)c3ccccc3C2=O)C1c1ccccc1[N+](=O)[O-]. The number of esters is 2. The fourth-order valence-corrected chi connectivity index (χ4v) is 5.26. The van der Waals surface area contributed by atoms with E-state index in [1.54, 1.807) is 44.2 Å². The van der Waals surface area contributed by atoms with Crippen LogP contribution in [0.1, 0.15) is 71.7 Å². The number of rotatable bonds is 11. The molecule has 1 atom stereocenters. The fourth-order valence-electron chi connectivity index (χ4n) is 5.26. The van der Waals surface area contributed by atoms with Crippen molar-refractivity contribution < 1.29 is 33.6 Å². The van der Waals surface area contributed by atoms with E-state index in [4.69, 9.17) is 9.47 Å². The first-order valence-corrected chi connectivity index (χ1v) is 13.3. The lowest BCUT2D eigenvalue weighted by atomic mass is 9.79. The van der Waals surface area contributed by atoms with Gasteiger partial charge in [0.15, 0.2) is 0 Å². The van der Waals surface area contributed by atoms with E-state index in [-0.39, 0.29) is 40.8 Å². The number of amides is 2. The average Bonchev–Trinajstić information content (AvgIpc) is 3.20. The van der Waals surface area contributed by atoms with Gasteiger partial charge in [-0.1, -0.05) is 36.8 Å². The van der Waals surface area contributed by atoms with E-state index in [9.17, 15) is 29.3 Å². The number of carbonyl (C=O) groups excluding carboxylic acids is 4. The molecule has 0 saturated carbocycles. The van der Waals surface area contributed by atoms with Gasteiger partial charge in [-0.15, -0.1) is 0 Å². The quantitative estimate of drug-likeness (QED) is 0.139. The van der Waals surface area contributed by atoms with Gasteiger partial charge in [0, 0.05) is 29.6 Å². The second kappa shape index (κ2) is 12.6. The van der Waals surface area contributed by atoms with Crippen molar-refractivity contribution in [2.24, 2.45) is 0 Å². The molecular weight excluding hydrogens is 530 g/mol. The zero-order valence-corrected chi connectivity index (χ0v) is 23.1. The monoisotopic (exact) mass is 561 g/mol. The minimum Gasteiger partial charge on any atom is -0.466 e. The van der Waals surface area contributed by atoms with E-state index in [0.29, 0.717) is 54.7 Å². The Balaban J connectivity index is 1.37. The number of methoxy groups -OCH3 is 1. The lowest BCUT2D eigenvalue weighted by molar-refractivity contribution is -0.385. The molecule has 2 aliphatic rings. The molecule has 2 amide bonds. The zero-order valence-electron chi connectivity index (χ0n) is 23.1. The van der Waals surface area contributed by atoms with Gasteiger partial charge in [-0.25, -0.2) is 9.59 Å². The highest BCUT2D eigenvalue weighted by Crippen LogP contribution is 2.42. The van der Waals surface area contributed by atoms with Crippen molar-refractivity contribution in [3.63, 3.8) is 0 Å². The Bertz CT molecular complexity index is 1440. The van der Waals surface area contributed by atoms with Crippen LogP contribution in [0, 0.1) is 10.1 Å². The molecule has 11 heteroatoms. The number of carbonyl (C=O) groups is 4. The third-order valence-corrected chi connectivity index (χ3v) is 7.22. The maximum atomic E-state index is 13.3. The van der Waals surface area contributed by atoms with E-state index in [2.05, 4.69) is 5.32 Å². The summed E-state index contributed by atoms with van der Waals surface area (Å²) in [5.41, 5.74) is 1.82. The predicted octanol–water partition coefficient (Wildman–Crippen LogP) is 4.40. The first-order chi connectivity index (χ1) is 19.7. The smallest absolute Gasteiger partial charge is 0.336 e. The predicted molar refractivity (Wildman–Crippen MR) is 148 cm³/mol. The number of benzene rings is 2. The van der Waals surface area contributed by atoms with Gasteiger partial charge < -0.3 is 14.8 Å². The highest BCUT2D eigenvalue weighted by molar-refractivity contribution is 6.21. The summed E-state index contributed by atoms with van der Waals surface area (Å²) in [4.78, 5) is 63.6. The molecule has 0 aliphatic carbocycles. The van der Waals surface area contributed by atoms with E-state index in [1.165, 1.54) is 30.2 Å². The average molecular weight is 562 g/mol. The number of nitrogens with zero attached hydrogens (tertiary/aromatic N) is 2. The fraction of sp³-hybridized carbons (Fsp3) is 0.333. The van der Waals surface area contributed by atoms with E-state index in [0.717, 1.165) is 0 Å². The number of dihydropyridines is 1. The second-order valence-electron chi connectivity index (χ2n) is 9.80. The first kappa shape index (κ1) is 29.2. The molecule has 2 aromatic rings. The number of nitro groups is 1. The number of hydrogen-bond donors (Lipinski definition) is 1. The lowest BCUT2D eigenvalue weighted by Crippen LogP contribution is -2.32. The summed E-state index contributed by atoms with van der Waals surface area (Å²) in [6, 6.07) is 12.7. The first-order valence-electron chi connectivity index (χ1n) is 13.3. The molecule has 1 unspecified atom stereocenters. The van der Waals surface area contributed by atoms with E-state index >= 15 is 0 Å². The third kappa shape index (κ3) is 5.88. The van der Waals surface area contributed by atoms with Crippen LogP contribution in [0.2, 0.25) is 0 Å². The van der Waals surface area contributed by atoms with Gasteiger partial charge in [-0.2, -0.15) is 0 Å². The summed E-state index contributed by atoms with van der Waals surface area (Å²) in [7, 11) is 1.20. The molecule has 2 heterocycles. The van der Waals surface area contributed by atoms with Crippen LogP contribution in [0.4, 0.5) is 5.69 Å². The molecule has 214 valence electrons. The Hall–Kier alpha value is -4.80. The minimum atomic E-state index is -1.06. The highest BCUT2D eigenvalue weighted by Gasteiger charge is 2.40. The van der Waals surface area contributed by atoms with E-state index < -0.39 is 22.8 Å². The number of nitrogens with one attached hydrogen (secondary N) is 1. The maximum Gasteiger partial charge on any atom is 0.336 e. The van der Waals surface area contributed by atoms with E-state index in [1.807, 2.05) is 0 Å². The number of para-hydroxylation sites is 1. The van der Waals surface area contributed by atoms with Crippen molar-refractivity contribution in [1.29, 1.82) is 0 Å². The number of allylic oxidation sites excluding steroid dienone is 2. The number of ether oxygens (including phenoxy) is 2. The van der Waals surface area contributed by atoms with Gasteiger partial charge in [-0.3, -0.25) is 24.6 Å². The van der Waals surface area contributed by atoms with Crippen LogP contribution in [0.5, 0.6) is 0 Å². The molecule has 2 aliphatic heterocycles. The van der Waals surface area contributed by atoms with Gasteiger partial charge in [0.1, 0.15) is 0 Å². The number of imide groups is 1. The summed E-state index contributed by atoms with van der Waals surface area (Å²) in [5.74, 6) is -3.04. The van der Waals surface area contributed by atoms with Crippen molar-refractivity contribution in [2.45, 2.75) is 45.4 Å². The van der Waals surface area contributed by atoms with Crippen LogP contribution in [-0.2, 0) is 19.1 Å². The highest BCUT2D eigenvalue weighted by atomic mass is 16.6. The molecule has 41 heavy (non-hydrogen) atoms. The Kier molecular flexibility index (Phi) is 8.96. The second-order valence-corrected chi connectivity index (χ2v) is 9.80. The van der Waals surface area contributed by atoms with Crippen molar-refractivity contribution in [3.05, 3.63) is 97.9 Å². The van der Waals surface area contributed by atoms with Gasteiger partial charge >= 0.3 is 11.9 Å². The number of nitro benzene ring substituents is 1. The van der Waals surface area contributed by atoms with Crippen LogP contribution in [0.3, 0.4) is 0 Å².